The molecule has 60 valence electrons. The van der Waals surface area contributed by atoms with Crippen molar-refractivity contribution in [3.63, 3.8) is 0 Å². The first-order valence-corrected chi connectivity index (χ1v) is 5.13. The van der Waals surface area contributed by atoms with Gasteiger partial charge in [0.2, 0.25) is 0 Å². The zero-order chi connectivity index (χ0) is 8.43. The van der Waals surface area contributed by atoms with Gasteiger partial charge in [-0.1, -0.05) is 46.3 Å². The van der Waals surface area contributed by atoms with Gasteiger partial charge in [0.05, 0.1) is 0 Å². The van der Waals surface area contributed by atoms with Gasteiger partial charge in [0, 0.05) is 8.95 Å². The minimum Gasteiger partial charge on any atom is -0.0840 e. The third-order valence-electron chi connectivity index (χ3n) is 1.66. The van der Waals surface area contributed by atoms with Crippen LogP contribution >= 0.6 is 34.2 Å². The van der Waals surface area contributed by atoms with Crippen molar-refractivity contribution >= 4 is 34.2 Å². The van der Waals surface area contributed by atoms with Crippen LogP contribution in [-0.2, 0) is 0 Å². The Morgan fingerprint density at radius 1 is 1.45 bits per heavy atom. The summed E-state index contributed by atoms with van der Waals surface area (Å²) < 4.78 is 0.533. The number of halogens is 2. The predicted octanol–water partition coefficient (Wildman–Crippen LogP) is 4.14. The van der Waals surface area contributed by atoms with E-state index in [0.717, 1.165) is 10.6 Å². The van der Waals surface area contributed by atoms with Gasteiger partial charge in [-0.05, 0) is 31.0 Å². The zero-order valence-corrected chi connectivity index (χ0v) is 9.48. The molecule has 1 aromatic rings. The van der Waals surface area contributed by atoms with Gasteiger partial charge in [-0.25, -0.2) is 0 Å². The molecule has 0 amide bonds. The Kier molecular flexibility index (Phi) is 3.19. The van der Waals surface area contributed by atoms with E-state index in [4.69, 9.17) is 11.6 Å². The lowest BCUT2D eigenvalue weighted by Crippen LogP contribution is -1.84. The molecule has 2 heteroatoms. The maximum absolute atomic E-state index is 5.95. The first kappa shape index (κ1) is 9.33. The molecule has 0 saturated carbocycles. The standard InChI is InChI=1S/C9H10ClI/c1-6-3-4-8(7(2)11)5-9(6)10/h3-5,7H,1-2H3. The molecule has 0 saturated heterocycles. The first-order valence-electron chi connectivity index (χ1n) is 3.51. The monoisotopic (exact) mass is 280 g/mol. The molecule has 0 aliphatic heterocycles. The normalized spacial score (nSPS) is 13.1. The molecule has 0 aliphatic rings. The van der Waals surface area contributed by atoms with E-state index in [1.807, 2.05) is 13.0 Å². The second-order valence-electron chi connectivity index (χ2n) is 2.62. The molecule has 0 aromatic heterocycles. The van der Waals surface area contributed by atoms with E-state index in [2.05, 4.69) is 41.6 Å². The fourth-order valence-corrected chi connectivity index (χ4v) is 1.43. The van der Waals surface area contributed by atoms with Crippen LogP contribution in [-0.4, -0.2) is 0 Å². The van der Waals surface area contributed by atoms with Crippen LogP contribution in [0.4, 0.5) is 0 Å². The average Bonchev–Trinajstić information content (AvgIpc) is 1.94. The quantitative estimate of drug-likeness (QED) is 0.535. The summed E-state index contributed by atoms with van der Waals surface area (Å²) in [5, 5.41) is 0.867. The van der Waals surface area contributed by atoms with E-state index < -0.39 is 0 Å². The van der Waals surface area contributed by atoms with Crippen molar-refractivity contribution in [2.75, 3.05) is 0 Å². The number of benzene rings is 1. The van der Waals surface area contributed by atoms with Gasteiger partial charge in [-0.2, -0.15) is 0 Å². The van der Waals surface area contributed by atoms with Gasteiger partial charge >= 0.3 is 0 Å². The highest BCUT2D eigenvalue weighted by Gasteiger charge is 2.01. The van der Waals surface area contributed by atoms with Crippen molar-refractivity contribution in [2.24, 2.45) is 0 Å². The number of alkyl halides is 1. The van der Waals surface area contributed by atoms with Crippen LogP contribution in [0.25, 0.3) is 0 Å². The average molecular weight is 281 g/mol. The van der Waals surface area contributed by atoms with E-state index in [1.165, 1.54) is 5.56 Å². The van der Waals surface area contributed by atoms with Crippen molar-refractivity contribution in [1.82, 2.24) is 0 Å². The van der Waals surface area contributed by atoms with Crippen molar-refractivity contribution in [2.45, 2.75) is 17.8 Å². The first-order chi connectivity index (χ1) is 5.11. The van der Waals surface area contributed by atoms with Crippen molar-refractivity contribution in [3.05, 3.63) is 34.3 Å². The summed E-state index contributed by atoms with van der Waals surface area (Å²) >= 11 is 8.33. The van der Waals surface area contributed by atoms with Gasteiger partial charge in [0.25, 0.3) is 0 Å². The third kappa shape index (κ3) is 2.34. The van der Waals surface area contributed by atoms with Gasteiger partial charge in [0.1, 0.15) is 0 Å². The summed E-state index contributed by atoms with van der Waals surface area (Å²) in [5.41, 5.74) is 2.44. The highest BCUT2D eigenvalue weighted by atomic mass is 127. The minimum atomic E-state index is 0.533. The van der Waals surface area contributed by atoms with Gasteiger partial charge in [-0.15, -0.1) is 0 Å². The Balaban J connectivity index is 3.05. The molecule has 1 atom stereocenters. The predicted molar refractivity (Wildman–Crippen MR) is 58.6 cm³/mol. The molecule has 0 aliphatic carbocycles. The second-order valence-corrected chi connectivity index (χ2v) is 4.90. The topological polar surface area (TPSA) is 0 Å². The van der Waals surface area contributed by atoms with Crippen molar-refractivity contribution in [1.29, 1.82) is 0 Å². The van der Waals surface area contributed by atoms with Gasteiger partial charge in [-0.3, -0.25) is 0 Å². The molecule has 0 heterocycles. The molecule has 0 radical (unpaired) electrons. The van der Waals surface area contributed by atoms with E-state index in [0.29, 0.717) is 3.92 Å². The molecule has 0 nitrogen and oxygen atoms in total. The molecular formula is C9H10ClI. The van der Waals surface area contributed by atoms with E-state index in [9.17, 15) is 0 Å². The molecule has 1 aromatic carbocycles. The molecule has 0 N–H and O–H groups in total. The molecule has 0 spiro atoms. The number of aryl methyl sites for hydroxylation is 1. The van der Waals surface area contributed by atoms with Gasteiger partial charge < -0.3 is 0 Å². The smallest absolute Gasteiger partial charge is 0.0438 e. The van der Waals surface area contributed by atoms with Crippen molar-refractivity contribution < 1.29 is 0 Å². The third-order valence-corrected chi connectivity index (χ3v) is 2.78. The molecule has 1 unspecified atom stereocenters. The molecule has 0 fully saturated rings. The minimum absolute atomic E-state index is 0.533. The van der Waals surface area contributed by atoms with E-state index in [-0.39, 0.29) is 0 Å². The highest BCUT2D eigenvalue weighted by Crippen LogP contribution is 2.26. The largest absolute Gasteiger partial charge is 0.0840 e. The lowest BCUT2D eigenvalue weighted by Gasteiger charge is -2.04. The summed E-state index contributed by atoms with van der Waals surface area (Å²) in [4.78, 5) is 0. The molecule has 1 rings (SSSR count). The summed E-state index contributed by atoms with van der Waals surface area (Å²) in [5.74, 6) is 0. The maximum Gasteiger partial charge on any atom is 0.0438 e. The summed E-state index contributed by atoms with van der Waals surface area (Å²) in [6.07, 6.45) is 0. The van der Waals surface area contributed by atoms with E-state index >= 15 is 0 Å². The van der Waals surface area contributed by atoms with Gasteiger partial charge in [0.15, 0.2) is 0 Å². The summed E-state index contributed by atoms with van der Waals surface area (Å²) in [6.45, 7) is 4.17. The molecule has 11 heavy (non-hydrogen) atoms. The van der Waals surface area contributed by atoms with Crippen LogP contribution in [0.5, 0.6) is 0 Å². The van der Waals surface area contributed by atoms with E-state index in [1.54, 1.807) is 0 Å². The Hall–Kier alpha value is 0.240. The molecular weight excluding hydrogens is 270 g/mol. The summed E-state index contributed by atoms with van der Waals surface area (Å²) in [6, 6.07) is 6.22. The maximum atomic E-state index is 5.95. The Labute approximate surface area is 86.1 Å². The zero-order valence-electron chi connectivity index (χ0n) is 6.57. The number of rotatable bonds is 1. The molecule has 0 bridgehead atoms. The summed E-state index contributed by atoms with van der Waals surface area (Å²) in [7, 11) is 0. The lowest BCUT2D eigenvalue weighted by molar-refractivity contribution is 1.14. The Morgan fingerprint density at radius 2 is 2.09 bits per heavy atom. The number of hydrogen-bond donors (Lipinski definition) is 0. The van der Waals surface area contributed by atoms with Crippen LogP contribution in [0.15, 0.2) is 18.2 Å². The SMILES string of the molecule is Cc1ccc(C(C)I)cc1Cl. The second kappa shape index (κ2) is 3.76. The van der Waals surface area contributed by atoms with Crippen LogP contribution in [0, 0.1) is 6.92 Å². The Bertz CT molecular complexity index is 256. The van der Waals surface area contributed by atoms with Crippen molar-refractivity contribution in [3.8, 4) is 0 Å². The van der Waals surface area contributed by atoms with Crippen LogP contribution in [0.3, 0.4) is 0 Å². The van der Waals surface area contributed by atoms with Crippen LogP contribution < -0.4 is 0 Å². The fraction of sp³-hybridized carbons (Fsp3) is 0.333. The fourth-order valence-electron chi connectivity index (χ4n) is 0.857. The number of hydrogen-bond acceptors (Lipinski definition) is 0. The Morgan fingerprint density at radius 3 is 2.55 bits per heavy atom. The highest BCUT2D eigenvalue weighted by molar-refractivity contribution is 14.1. The van der Waals surface area contributed by atoms with Crippen LogP contribution in [0.1, 0.15) is 22.0 Å². The lowest BCUT2D eigenvalue weighted by atomic mass is 10.1. The van der Waals surface area contributed by atoms with Crippen LogP contribution in [0.2, 0.25) is 5.02 Å².